The third-order valence-electron chi connectivity index (χ3n) is 6.32. The Morgan fingerprint density at radius 1 is 0.867 bits per heavy atom. The molecule has 0 unspecified atom stereocenters. The molecule has 0 aromatic heterocycles. The molecular weight excluding hydrogens is 386 g/mol. The number of carbonyl (C=O) groups excluding carboxylic acids is 4. The molecule has 2 heterocycles. The van der Waals surface area contributed by atoms with Crippen molar-refractivity contribution >= 4 is 23.8 Å². The van der Waals surface area contributed by atoms with Crippen molar-refractivity contribution in [2.45, 2.75) is 44.6 Å². The van der Waals surface area contributed by atoms with E-state index in [2.05, 4.69) is 0 Å². The summed E-state index contributed by atoms with van der Waals surface area (Å²) in [6, 6.07) is 4.74. The molecule has 0 radical (unpaired) electrons. The van der Waals surface area contributed by atoms with Crippen molar-refractivity contribution in [2.75, 3.05) is 33.3 Å². The van der Waals surface area contributed by atoms with Gasteiger partial charge in [-0.3, -0.25) is 19.3 Å². The van der Waals surface area contributed by atoms with E-state index >= 15 is 0 Å². The van der Waals surface area contributed by atoms with Crippen LogP contribution >= 0.6 is 0 Å². The molecule has 1 aromatic carbocycles. The molecule has 4 rings (SSSR count). The van der Waals surface area contributed by atoms with Gasteiger partial charge in [-0.2, -0.15) is 0 Å². The predicted octanol–water partition coefficient (Wildman–Crippen LogP) is 2.53. The minimum absolute atomic E-state index is 0.0415. The summed E-state index contributed by atoms with van der Waals surface area (Å²) in [4.78, 5) is 55.3. The quantitative estimate of drug-likeness (QED) is 0.696. The highest BCUT2D eigenvalue weighted by Crippen LogP contribution is 2.31. The fourth-order valence-corrected chi connectivity index (χ4v) is 4.68. The van der Waals surface area contributed by atoms with Crippen molar-refractivity contribution in [3.05, 3.63) is 34.9 Å². The number of ether oxygens (including phenoxy) is 1. The Labute approximate surface area is 175 Å². The monoisotopic (exact) mass is 413 g/mol. The highest BCUT2D eigenvalue weighted by molar-refractivity contribution is 6.22. The molecule has 0 atom stereocenters. The summed E-state index contributed by atoms with van der Waals surface area (Å²) in [6.07, 6.45) is 5.15. The molecule has 1 aromatic rings. The van der Waals surface area contributed by atoms with E-state index in [1.54, 1.807) is 28.0 Å². The van der Waals surface area contributed by atoms with Gasteiger partial charge in [-0.1, -0.05) is 19.3 Å². The lowest BCUT2D eigenvalue weighted by molar-refractivity contribution is 0.0548. The van der Waals surface area contributed by atoms with Gasteiger partial charge in [0.1, 0.15) is 0 Å². The second-order valence-corrected chi connectivity index (χ2v) is 8.14. The van der Waals surface area contributed by atoms with E-state index in [0.717, 1.165) is 32.1 Å². The molecule has 4 amide bonds. The van der Waals surface area contributed by atoms with Gasteiger partial charge in [-0.15, -0.1) is 0 Å². The van der Waals surface area contributed by atoms with Crippen LogP contribution in [-0.4, -0.2) is 77.8 Å². The number of fused-ring (bicyclic) bond motifs is 1. The second kappa shape index (κ2) is 8.45. The highest BCUT2D eigenvalue weighted by Gasteiger charge is 2.40. The molecule has 0 spiro atoms. The van der Waals surface area contributed by atoms with E-state index in [4.69, 9.17) is 4.74 Å². The third kappa shape index (κ3) is 3.66. The fraction of sp³-hybridized carbons (Fsp3) is 0.545. The smallest absolute Gasteiger partial charge is 0.409 e. The van der Waals surface area contributed by atoms with E-state index in [9.17, 15) is 19.2 Å². The average molecular weight is 413 g/mol. The fourth-order valence-electron chi connectivity index (χ4n) is 4.68. The first kappa shape index (κ1) is 20.4. The van der Waals surface area contributed by atoms with E-state index in [1.807, 2.05) is 0 Å². The van der Waals surface area contributed by atoms with Gasteiger partial charge in [0.2, 0.25) is 0 Å². The Hall–Kier alpha value is -2.90. The van der Waals surface area contributed by atoms with Gasteiger partial charge < -0.3 is 14.5 Å². The summed E-state index contributed by atoms with van der Waals surface area (Å²) in [6.45, 7) is 1.84. The zero-order valence-corrected chi connectivity index (χ0v) is 17.3. The van der Waals surface area contributed by atoms with Crippen molar-refractivity contribution in [2.24, 2.45) is 0 Å². The van der Waals surface area contributed by atoms with Crippen LogP contribution in [0.3, 0.4) is 0 Å². The van der Waals surface area contributed by atoms with Gasteiger partial charge >= 0.3 is 6.09 Å². The lowest BCUT2D eigenvalue weighted by atomic mass is 9.94. The molecule has 1 saturated heterocycles. The number of nitrogens with zero attached hydrogens (tertiary/aromatic N) is 3. The third-order valence-corrected chi connectivity index (χ3v) is 6.32. The maximum absolute atomic E-state index is 13.1. The van der Waals surface area contributed by atoms with Crippen LogP contribution in [0, 0.1) is 0 Å². The number of hydrogen-bond acceptors (Lipinski definition) is 5. The second-order valence-electron chi connectivity index (χ2n) is 8.14. The topological polar surface area (TPSA) is 87.2 Å². The Morgan fingerprint density at radius 3 is 2.27 bits per heavy atom. The normalized spacial score (nSPS) is 20.2. The first-order valence-corrected chi connectivity index (χ1v) is 10.7. The zero-order valence-electron chi connectivity index (χ0n) is 17.3. The van der Waals surface area contributed by atoms with Gasteiger partial charge in [0.25, 0.3) is 17.7 Å². The first-order chi connectivity index (χ1) is 14.5. The van der Waals surface area contributed by atoms with E-state index < -0.39 is 6.09 Å². The first-order valence-electron chi connectivity index (χ1n) is 10.7. The minimum Gasteiger partial charge on any atom is -0.453 e. The van der Waals surface area contributed by atoms with Crippen LogP contribution in [0.2, 0.25) is 0 Å². The van der Waals surface area contributed by atoms with Crippen molar-refractivity contribution < 1.29 is 23.9 Å². The number of hydrogen-bond donors (Lipinski definition) is 0. The van der Waals surface area contributed by atoms with Crippen molar-refractivity contribution in [1.29, 1.82) is 0 Å². The maximum atomic E-state index is 13.1. The van der Waals surface area contributed by atoms with Crippen LogP contribution < -0.4 is 0 Å². The molecule has 0 N–H and O–H groups in total. The molecule has 160 valence electrons. The number of amides is 4. The summed E-state index contributed by atoms with van der Waals surface area (Å²) in [5, 5.41) is 0. The number of methoxy groups -OCH3 is 1. The van der Waals surface area contributed by atoms with Gasteiger partial charge in [0.15, 0.2) is 0 Å². The lowest BCUT2D eigenvalue weighted by Crippen LogP contribution is -2.40. The van der Waals surface area contributed by atoms with E-state index in [0.29, 0.717) is 49.3 Å². The molecular formula is C22H27N3O5. The lowest BCUT2D eigenvalue weighted by Gasteiger charge is -2.29. The average Bonchev–Trinajstić information content (AvgIpc) is 2.94. The summed E-state index contributed by atoms with van der Waals surface area (Å²) in [7, 11) is 1.34. The van der Waals surface area contributed by atoms with Gasteiger partial charge in [0.05, 0.1) is 18.2 Å². The van der Waals surface area contributed by atoms with Crippen LogP contribution in [0.1, 0.15) is 69.6 Å². The molecule has 8 heteroatoms. The van der Waals surface area contributed by atoms with Crippen LogP contribution in [0.25, 0.3) is 0 Å². The number of benzene rings is 1. The van der Waals surface area contributed by atoms with Crippen molar-refractivity contribution in [3.8, 4) is 0 Å². The predicted molar refractivity (Wildman–Crippen MR) is 108 cm³/mol. The highest BCUT2D eigenvalue weighted by atomic mass is 16.5. The molecule has 1 saturated carbocycles. The molecule has 0 bridgehead atoms. The van der Waals surface area contributed by atoms with Gasteiger partial charge in [-0.05, 0) is 37.5 Å². The van der Waals surface area contributed by atoms with Crippen LogP contribution in [0.4, 0.5) is 4.79 Å². The number of carbonyl (C=O) groups is 4. The zero-order chi connectivity index (χ0) is 21.3. The minimum atomic E-state index is -0.395. The summed E-state index contributed by atoms with van der Waals surface area (Å²) >= 11 is 0. The number of rotatable bonds is 2. The van der Waals surface area contributed by atoms with Crippen molar-refractivity contribution in [3.63, 3.8) is 0 Å². The van der Waals surface area contributed by atoms with Crippen LogP contribution in [0.15, 0.2) is 18.2 Å². The Morgan fingerprint density at radius 2 is 1.53 bits per heavy atom. The van der Waals surface area contributed by atoms with Crippen LogP contribution in [-0.2, 0) is 4.74 Å². The van der Waals surface area contributed by atoms with Crippen LogP contribution in [0.5, 0.6) is 0 Å². The Bertz CT molecular complexity index is 878. The molecule has 30 heavy (non-hydrogen) atoms. The largest absolute Gasteiger partial charge is 0.453 e. The van der Waals surface area contributed by atoms with E-state index in [1.165, 1.54) is 12.0 Å². The standard InChI is InChI=1S/C22H27N3O5/c1-30-22(29)24-11-5-10-23(12-13-24)19(26)15-8-9-17-18(14-15)21(28)25(20(17)27)16-6-3-2-4-7-16/h8-9,14,16H,2-7,10-13H2,1H3. The Balaban J connectivity index is 1.50. The van der Waals surface area contributed by atoms with E-state index in [-0.39, 0.29) is 23.8 Å². The van der Waals surface area contributed by atoms with Gasteiger partial charge in [-0.25, -0.2) is 4.79 Å². The maximum Gasteiger partial charge on any atom is 0.409 e. The Kier molecular flexibility index (Phi) is 5.74. The summed E-state index contributed by atoms with van der Waals surface area (Å²) < 4.78 is 4.77. The van der Waals surface area contributed by atoms with Crippen molar-refractivity contribution in [1.82, 2.24) is 14.7 Å². The molecule has 1 aliphatic carbocycles. The SMILES string of the molecule is COC(=O)N1CCCN(C(=O)c2ccc3c(c2)C(=O)N(C2CCCCC2)C3=O)CC1. The number of imide groups is 1. The summed E-state index contributed by atoms with van der Waals surface area (Å²) in [5.74, 6) is -0.727. The van der Waals surface area contributed by atoms with Gasteiger partial charge in [0, 0.05) is 37.8 Å². The molecule has 8 nitrogen and oxygen atoms in total. The molecule has 2 aliphatic heterocycles. The molecule has 3 aliphatic rings. The summed E-state index contributed by atoms with van der Waals surface area (Å²) in [5.41, 5.74) is 1.10. The molecule has 2 fully saturated rings.